The number of carbonyl (C=O) groups excluding carboxylic acids is 2. The Morgan fingerprint density at radius 2 is 1.79 bits per heavy atom. The third kappa shape index (κ3) is 8.18. The van der Waals surface area contributed by atoms with Crippen LogP contribution in [-0.4, -0.2) is 55.9 Å². The number of halogens is 1. The number of hydrogen-bond donors (Lipinski definition) is 4. The van der Waals surface area contributed by atoms with Crippen molar-refractivity contribution >= 4 is 29.4 Å². The zero-order valence-corrected chi connectivity index (χ0v) is 24.3. The number of aromatic amines is 1. The van der Waals surface area contributed by atoms with Crippen LogP contribution in [0.1, 0.15) is 36.3 Å². The van der Waals surface area contributed by atoms with Gasteiger partial charge >= 0.3 is 11.9 Å². The van der Waals surface area contributed by atoms with E-state index in [9.17, 15) is 24.3 Å². The summed E-state index contributed by atoms with van der Waals surface area (Å²) in [5.74, 6) is -2.86. The number of hydrogen-bond acceptors (Lipinski definition) is 7. The van der Waals surface area contributed by atoms with Crippen molar-refractivity contribution in [1.82, 2.24) is 20.1 Å². The minimum absolute atomic E-state index is 0.0531. The first-order valence-electron chi connectivity index (χ1n) is 13.6. The van der Waals surface area contributed by atoms with E-state index in [1.54, 1.807) is 38.1 Å². The number of carboxylic acids is 1. The molecule has 1 amide bonds. The highest BCUT2D eigenvalue weighted by atomic mass is 35.5. The molecule has 2 aromatic heterocycles. The lowest BCUT2D eigenvalue weighted by Gasteiger charge is -2.24. The molecule has 3 atom stereocenters. The van der Waals surface area contributed by atoms with Gasteiger partial charge in [0.05, 0.1) is 0 Å². The van der Waals surface area contributed by atoms with Crippen LogP contribution in [0.4, 0.5) is 0 Å². The number of rotatable bonds is 12. The van der Waals surface area contributed by atoms with E-state index < -0.39 is 41.6 Å². The molecule has 4 rings (SSSR count). The van der Waals surface area contributed by atoms with E-state index in [1.165, 1.54) is 6.20 Å². The van der Waals surface area contributed by atoms with E-state index in [-0.39, 0.29) is 24.5 Å². The molecule has 0 aliphatic carbocycles. The van der Waals surface area contributed by atoms with Crippen LogP contribution < -0.4 is 16.6 Å². The fraction of sp³-hybridized carbons (Fsp3) is 0.258. The molecule has 11 nitrogen and oxygen atoms in total. The Morgan fingerprint density at radius 1 is 1.05 bits per heavy atom. The molecule has 0 aliphatic rings. The predicted molar refractivity (Wildman–Crippen MR) is 161 cm³/mol. The molecule has 0 spiro atoms. The first kappa shape index (κ1) is 31.2. The predicted octanol–water partition coefficient (Wildman–Crippen LogP) is 3.59. The molecule has 0 bridgehead atoms. The van der Waals surface area contributed by atoms with E-state index in [2.05, 4.69) is 15.4 Å². The van der Waals surface area contributed by atoms with E-state index >= 15 is 0 Å². The quantitative estimate of drug-likeness (QED) is 0.178. The molecule has 0 fully saturated rings. The Kier molecular flexibility index (Phi) is 10.1. The van der Waals surface area contributed by atoms with Gasteiger partial charge in [0.25, 0.3) is 11.5 Å². The fourth-order valence-corrected chi connectivity index (χ4v) is 4.55. The summed E-state index contributed by atoms with van der Waals surface area (Å²) in [5.41, 5.74) is 7.93. The summed E-state index contributed by atoms with van der Waals surface area (Å²) in [5, 5.41) is 16.0. The highest BCUT2D eigenvalue weighted by Gasteiger charge is 2.31. The number of nitrogens with one attached hydrogen (secondary N) is 2. The zero-order chi connectivity index (χ0) is 31.1. The third-order valence-corrected chi connectivity index (χ3v) is 7.03. The molecular formula is C31H32ClN5O6. The van der Waals surface area contributed by atoms with Crippen molar-refractivity contribution < 1.29 is 24.2 Å². The van der Waals surface area contributed by atoms with Crippen LogP contribution in [-0.2, 0) is 20.7 Å². The van der Waals surface area contributed by atoms with Gasteiger partial charge in [-0.2, -0.15) is 0 Å². The number of nitrogens with zero attached hydrogens (tertiary/aromatic N) is 2. The summed E-state index contributed by atoms with van der Waals surface area (Å²) < 4.78 is 6.38. The van der Waals surface area contributed by atoms with Crippen molar-refractivity contribution in [2.45, 2.75) is 44.9 Å². The highest BCUT2D eigenvalue weighted by Crippen LogP contribution is 2.24. The van der Waals surface area contributed by atoms with E-state index in [4.69, 9.17) is 22.1 Å². The Hall–Kier alpha value is -4.74. The number of aromatic nitrogens is 3. The van der Waals surface area contributed by atoms with Gasteiger partial charge in [-0.25, -0.2) is 14.5 Å². The SMILES string of the molecule is CC(C)C(N)C(=O)O[C@H](C[C@@H](Cc1ccc(-c2cccc(Cl)c2)cc1)NC(=O)c1cc(=O)n(-c2ccccn2)[nH]1)C(=O)O. The molecule has 0 saturated carbocycles. The number of esters is 1. The maximum atomic E-state index is 13.3. The number of carbonyl (C=O) groups is 3. The van der Waals surface area contributed by atoms with Gasteiger partial charge in [-0.05, 0) is 53.3 Å². The highest BCUT2D eigenvalue weighted by molar-refractivity contribution is 6.30. The summed E-state index contributed by atoms with van der Waals surface area (Å²) in [6.07, 6.45) is -0.122. The monoisotopic (exact) mass is 605 g/mol. The van der Waals surface area contributed by atoms with Crippen LogP contribution in [0.25, 0.3) is 16.9 Å². The molecule has 224 valence electrons. The molecule has 1 unspecified atom stereocenters. The topological polar surface area (TPSA) is 169 Å². The molecule has 12 heteroatoms. The van der Waals surface area contributed by atoms with Gasteiger partial charge in [0.1, 0.15) is 11.7 Å². The van der Waals surface area contributed by atoms with Crippen LogP contribution in [0.5, 0.6) is 0 Å². The van der Waals surface area contributed by atoms with Gasteiger partial charge in [0.15, 0.2) is 5.82 Å². The van der Waals surface area contributed by atoms with Gasteiger partial charge in [0.2, 0.25) is 6.10 Å². The van der Waals surface area contributed by atoms with Crippen LogP contribution >= 0.6 is 11.6 Å². The van der Waals surface area contributed by atoms with E-state index in [1.807, 2.05) is 42.5 Å². The van der Waals surface area contributed by atoms with Crippen LogP contribution in [0.2, 0.25) is 5.02 Å². The molecule has 0 radical (unpaired) electrons. The third-order valence-electron chi connectivity index (χ3n) is 6.80. The Morgan fingerprint density at radius 3 is 2.42 bits per heavy atom. The van der Waals surface area contributed by atoms with Crippen molar-refractivity contribution in [3.63, 3.8) is 0 Å². The normalized spacial score (nSPS) is 13.2. The smallest absolute Gasteiger partial charge is 0.345 e. The standard InChI is InChI=1S/C31H32ClN5O6/c1-18(2)28(33)31(42)43-25(30(40)41)16-23(14-19-9-11-20(12-10-19)21-6-5-7-22(32)15-21)35-29(39)24-17-27(38)37(36-24)26-8-3-4-13-34-26/h3-13,15,17-18,23,25,28,36H,14,16,33H2,1-2H3,(H,35,39)(H,40,41)/t23-,25-,28?/m1/s1. The van der Waals surface area contributed by atoms with Gasteiger partial charge in [0, 0.05) is 29.7 Å². The number of aliphatic carboxylic acids is 1. The van der Waals surface area contributed by atoms with Crippen molar-refractivity contribution in [2.75, 3.05) is 0 Å². The number of carboxylic acid groups (broad SMARTS) is 1. The Balaban J connectivity index is 1.58. The number of H-pyrrole nitrogens is 1. The second-order valence-electron chi connectivity index (χ2n) is 10.4. The molecule has 0 saturated heterocycles. The molecule has 5 N–H and O–H groups in total. The summed E-state index contributed by atoms with van der Waals surface area (Å²) in [4.78, 5) is 54.6. The van der Waals surface area contributed by atoms with Crippen molar-refractivity contribution in [1.29, 1.82) is 0 Å². The first-order chi connectivity index (χ1) is 20.5. The van der Waals surface area contributed by atoms with Gasteiger partial charge in [-0.15, -0.1) is 0 Å². The molecule has 4 aromatic rings. The lowest BCUT2D eigenvalue weighted by molar-refractivity contribution is -0.166. The van der Waals surface area contributed by atoms with E-state index in [0.717, 1.165) is 27.4 Å². The molecule has 2 heterocycles. The Labute approximate surface area is 252 Å². The number of nitrogens with two attached hydrogens (primary N) is 1. The van der Waals surface area contributed by atoms with Crippen molar-refractivity contribution in [3.8, 4) is 16.9 Å². The summed E-state index contributed by atoms with van der Waals surface area (Å²) in [6, 6.07) is 19.2. The van der Waals surface area contributed by atoms with Gasteiger partial charge < -0.3 is 20.9 Å². The van der Waals surface area contributed by atoms with Gasteiger partial charge in [-0.1, -0.05) is 67.9 Å². The van der Waals surface area contributed by atoms with Crippen LogP contribution in [0, 0.1) is 5.92 Å². The van der Waals surface area contributed by atoms with Crippen molar-refractivity contribution in [3.05, 3.63) is 106 Å². The average molecular weight is 606 g/mol. The minimum Gasteiger partial charge on any atom is -0.479 e. The zero-order valence-electron chi connectivity index (χ0n) is 23.6. The number of benzene rings is 2. The fourth-order valence-electron chi connectivity index (χ4n) is 4.36. The Bertz CT molecular complexity index is 1630. The lowest BCUT2D eigenvalue weighted by Crippen LogP contribution is -2.45. The molecule has 0 aliphatic heterocycles. The second-order valence-corrected chi connectivity index (χ2v) is 10.8. The summed E-state index contributed by atoms with van der Waals surface area (Å²) >= 11 is 6.13. The molecule has 2 aromatic carbocycles. The van der Waals surface area contributed by atoms with E-state index in [0.29, 0.717) is 10.8 Å². The van der Waals surface area contributed by atoms with Crippen molar-refractivity contribution in [2.24, 2.45) is 11.7 Å². The van der Waals surface area contributed by atoms with Gasteiger partial charge in [-0.3, -0.25) is 19.5 Å². The number of amides is 1. The first-order valence-corrected chi connectivity index (χ1v) is 14.0. The largest absolute Gasteiger partial charge is 0.479 e. The molecule has 43 heavy (non-hydrogen) atoms. The summed E-state index contributed by atoms with van der Waals surface area (Å²) in [6.45, 7) is 3.44. The lowest BCUT2D eigenvalue weighted by atomic mass is 9.97. The van der Waals surface area contributed by atoms with Crippen LogP contribution in [0.15, 0.2) is 83.8 Å². The maximum Gasteiger partial charge on any atom is 0.345 e. The molecular weight excluding hydrogens is 574 g/mol. The average Bonchev–Trinajstić information content (AvgIpc) is 3.38. The number of pyridine rings is 1. The number of ether oxygens (including phenoxy) is 1. The minimum atomic E-state index is -1.58. The summed E-state index contributed by atoms with van der Waals surface area (Å²) in [7, 11) is 0. The maximum absolute atomic E-state index is 13.3. The second kappa shape index (κ2) is 14.0. The van der Waals surface area contributed by atoms with Crippen LogP contribution in [0.3, 0.4) is 0 Å².